The van der Waals surface area contributed by atoms with Crippen LogP contribution < -0.4 is 5.69 Å². The van der Waals surface area contributed by atoms with Gasteiger partial charge in [0, 0.05) is 18.3 Å². The van der Waals surface area contributed by atoms with Crippen LogP contribution in [0.15, 0.2) is 59.5 Å². The Bertz CT molecular complexity index is 1140. The maximum Gasteiger partial charge on any atom is 0.336 e. The Kier molecular flexibility index (Phi) is 6.90. The molecule has 1 aromatic heterocycles. The topological polar surface area (TPSA) is 81.3 Å². The van der Waals surface area contributed by atoms with Gasteiger partial charge in [-0.25, -0.2) is 14.2 Å². The second-order valence-electron chi connectivity index (χ2n) is 8.15. The Hall–Kier alpha value is -3.41. The number of benzene rings is 2. The zero-order valence-electron chi connectivity index (χ0n) is 18.2. The summed E-state index contributed by atoms with van der Waals surface area (Å²) in [5.74, 6) is -0.939. The number of carbonyl (C=O) groups excluding carboxylic acids is 1. The third-order valence-corrected chi connectivity index (χ3v) is 5.15. The molecule has 6 nitrogen and oxygen atoms in total. The Morgan fingerprint density at radius 2 is 1.77 bits per heavy atom. The lowest BCUT2D eigenvalue weighted by atomic mass is 9.97. The van der Waals surface area contributed by atoms with Crippen LogP contribution in [0.25, 0.3) is 11.1 Å². The molecule has 1 N–H and O–H groups in total. The van der Waals surface area contributed by atoms with E-state index in [0.29, 0.717) is 36.3 Å². The predicted molar refractivity (Wildman–Crippen MR) is 121 cm³/mol. The van der Waals surface area contributed by atoms with Crippen molar-refractivity contribution >= 4 is 11.9 Å². The Labute approximate surface area is 181 Å². The SMILES string of the molecule is CCCC(=O)n1cc(CC(C)C)n(Cc2ccc(-c3ccccc3)c(C(=O)O)c2)c1=O. The van der Waals surface area contributed by atoms with Gasteiger partial charge in [-0.05, 0) is 41.5 Å². The van der Waals surface area contributed by atoms with Gasteiger partial charge < -0.3 is 5.11 Å². The smallest absolute Gasteiger partial charge is 0.336 e. The van der Waals surface area contributed by atoms with Gasteiger partial charge in [-0.2, -0.15) is 0 Å². The molecule has 3 aromatic rings. The molecule has 0 amide bonds. The van der Waals surface area contributed by atoms with Crippen molar-refractivity contribution in [3.63, 3.8) is 0 Å². The number of hydrogen-bond acceptors (Lipinski definition) is 3. The van der Waals surface area contributed by atoms with Crippen molar-refractivity contribution in [3.05, 3.63) is 82.0 Å². The van der Waals surface area contributed by atoms with E-state index in [2.05, 4.69) is 13.8 Å². The molecule has 0 aliphatic heterocycles. The molecule has 31 heavy (non-hydrogen) atoms. The lowest BCUT2D eigenvalue weighted by Crippen LogP contribution is -2.29. The molecule has 0 unspecified atom stereocenters. The van der Waals surface area contributed by atoms with E-state index in [1.54, 1.807) is 22.9 Å². The van der Waals surface area contributed by atoms with Crippen LogP contribution in [0.3, 0.4) is 0 Å². The normalized spacial score (nSPS) is 11.1. The highest BCUT2D eigenvalue weighted by atomic mass is 16.4. The van der Waals surface area contributed by atoms with E-state index in [1.165, 1.54) is 4.57 Å². The lowest BCUT2D eigenvalue weighted by molar-refractivity contribution is 0.0697. The van der Waals surface area contributed by atoms with Gasteiger partial charge in [-0.3, -0.25) is 9.36 Å². The monoisotopic (exact) mass is 420 g/mol. The fraction of sp³-hybridized carbons (Fsp3) is 0.320. The van der Waals surface area contributed by atoms with Crippen molar-refractivity contribution in [2.75, 3.05) is 0 Å². The minimum Gasteiger partial charge on any atom is -0.478 e. The van der Waals surface area contributed by atoms with E-state index >= 15 is 0 Å². The van der Waals surface area contributed by atoms with E-state index in [-0.39, 0.29) is 23.7 Å². The summed E-state index contributed by atoms with van der Waals surface area (Å²) in [6, 6.07) is 14.6. The summed E-state index contributed by atoms with van der Waals surface area (Å²) in [6.07, 6.45) is 3.26. The summed E-state index contributed by atoms with van der Waals surface area (Å²) in [5, 5.41) is 9.76. The lowest BCUT2D eigenvalue weighted by Gasteiger charge is -2.12. The molecule has 0 aliphatic carbocycles. The number of rotatable bonds is 8. The summed E-state index contributed by atoms with van der Waals surface area (Å²) < 4.78 is 2.77. The molecule has 0 radical (unpaired) electrons. The molecule has 0 spiro atoms. The van der Waals surface area contributed by atoms with Crippen molar-refractivity contribution in [2.45, 2.75) is 46.6 Å². The average molecular weight is 421 g/mol. The number of nitrogens with zero attached hydrogens (tertiary/aromatic N) is 2. The van der Waals surface area contributed by atoms with Crippen LogP contribution in [-0.4, -0.2) is 26.1 Å². The molecule has 0 saturated carbocycles. The molecule has 0 atom stereocenters. The number of carboxylic acids is 1. The molecule has 0 fully saturated rings. The fourth-order valence-corrected chi connectivity index (χ4v) is 3.71. The van der Waals surface area contributed by atoms with E-state index in [4.69, 9.17) is 0 Å². The van der Waals surface area contributed by atoms with Crippen molar-refractivity contribution in [1.82, 2.24) is 9.13 Å². The second-order valence-corrected chi connectivity index (χ2v) is 8.15. The fourth-order valence-electron chi connectivity index (χ4n) is 3.71. The Morgan fingerprint density at radius 3 is 2.39 bits per heavy atom. The van der Waals surface area contributed by atoms with Crippen LogP contribution in [0.4, 0.5) is 0 Å². The van der Waals surface area contributed by atoms with E-state index in [0.717, 1.165) is 11.3 Å². The average Bonchev–Trinajstić information content (AvgIpc) is 3.03. The second kappa shape index (κ2) is 9.60. The van der Waals surface area contributed by atoms with Crippen LogP contribution in [0.1, 0.15) is 60.0 Å². The Morgan fingerprint density at radius 1 is 1.06 bits per heavy atom. The van der Waals surface area contributed by atoms with E-state index in [1.807, 2.05) is 43.3 Å². The molecule has 0 aliphatic rings. The highest BCUT2D eigenvalue weighted by molar-refractivity contribution is 5.96. The van der Waals surface area contributed by atoms with Gasteiger partial charge in [-0.1, -0.05) is 63.2 Å². The van der Waals surface area contributed by atoms with Crippen LogP contribution in [-0.2, 0) is 13.0 Å². The van der Waals surface area contributed by atoms with Gasteiger partial charge in [0.05, 0.1) is 12.1 Å². The van der Waals surface area contributed by atoms with E-state index < -0.39 is 5.97 Å². The summed E-state index contributed by atoms with van der Waals surface area (Å²) in [6.45, 7) is 6.22. The van der Waals surface area contributed by atoms with Crippen molar-refractivity contribution in [2.24, 2.45) is 5.92 Å². The number of aromatic nitrogens is 2. The molecule has 6 heteroatoms. The molecule has 1 heterocycles. The zero-order valence-corrected chi connectivity index (χ0v) is 18.2. The van der Waals surface area contributed by atoms with Crippen molar-refractivity contribution in [1.29, 1.82) is 0 Å². The van der Waals surface area contributed by atoms with Crippen LogP contribution >= 0.6 is 0 Å². The van der Waals surface area contributed by atoms with Crippen LogP contribution in [0.2, 0.25) is 0 Å². The predicted octanol–water partition coefficient (Wildman–Crippen LogP) is 4.70. The van der Waals surface area contributed by atoms with Gasteiger partial charge in [0.25, 0.3) is 0 Å². The molecule has 162 valence electrons. The quantitative estimate of drug-likeness (QED) is 0.573. The van der Waals surface area contributed by atoms with Gasteiger partial charge in [-0.15, -0.1) is 0 Å². The number of carboxylic acid groups (broad SMARTS) is 1. The first kappa shape index (κ1) is 22.3. The van der Waals surface area contributed by atoms with Crippen LogP contribution in [0, 0.1) is 5.92 Å². The molecular weight excluding hydrogens is 392 g/mol. The first-order chi connectivity index (χ1) is 14.8. The van der Waals surface area contributed by atoms with Gasteiger partial charge in [0.15, 0.2) is 0 Å². The largest absolute Gasteiger partial charge is 0.478 e. The Balaban J connectivity index is 2.03. The molecule has 0 bridgehead atoms. The number of carbonyl (C=O) groups is 2. The molecule has 2 aromatic carbocycles. The maximum absolute atomic E-state index is 13.0. The first-order valence-electron chi connectivity index (χ1n) is 10.6. The first-order valence-corrected chi connectivity index (χ1v) is 10.6. The minimum atomic E-state index is -1.02. The van der Waals surface area contributed by atoms with Gasteiger partial charge >= 0.3 is 11.7 Å². The minimum absolute atomic E-state index is 0.184. The zero-order chi connectivity index (χ0) is 22.5. The van der Waals surface area contributed by atoms with Gasteiger partial charge in [0.1, 0.15) is 0 Å². The highest BCUT2D eigenvalue weighted by Gasteiger charge is 2.18. The number of imidazole rings is 1. The molecule has 3 rings (SSSR count). The third-order valence-electron chi connectivity index (χ3n) is 5.15. The number of aromatic carboxylic acids is 1. The highest BCUT2D eigenvalue weighted by Crippen LogP contribution is 2.25. The maximum atomic E-state index is 13.0. The summed E-state index contributed by atoms with van der Waals surface area (Å²) in [7, 11) is 0. The summed E-state index contributed by atoms with van der Waals surface area (Å²) in [5.41, 5.74) is 2.72. The summed E-state index contributed by atoms with van der Waals surface area (Å²) >= 11 is 0. The van der Waals surface area contributed by atoms with Crippen LogP contribution in [0.5, 0.6) is 0 Å². The van der Waals surface area contributed by atoms with Crippen molar-refractivity contribution in [3.8, 4) is 11.1 Å². The standard InChI is InChI=1S/C25H28N2O4/c1-4-8-23(28)27-16-20(13-17(2)3)26(25(27)31)15-18-11-12-21(22(14-18)24(29)30)19-9-6-5-7-10-19/h5-7,9-12,14,16-17H,4,8,13,15H2,1-3H3,(H,29,30). The summed E-state index contributed by atoms with van der Waals surface area (Å²) in [4.78, 5) is 37.3. The third kappa shape index (κ3) is 5.02. The van der Waals surface area contributed by atoms with Crippen molar-refractivity contribution < 1.29 is 14.7 Å². The molecule has 0 saturated heterocycles. The number of hydrogen-bond donors (Lipinski definition) is 1. The van der Waals surface area contributed by atoms with Gasteiger partial charge in [0.2, 0.25) is 5.91 Å². The van der Waals surface area contributed by atoms with E-state index in [9.17, 15) is 19.5 Å². The molecular formula is C25H28N2O4.